The monoisotopic (exact) mass is 451 g/mol. The fraction of sp³-hybridized carbons (Fsp3) is 0.158. The smallest absolute Gasteiger partial charge is 0.337 e. The largest absolute Gasteiger partial charge is 0.467 e. The summed E-state index contributed by atoms with van der Waals surface area (Å²) in [5.74, 6) is -4.09. The van der Waals surface area contributed by atoms with Gasteiger partial charge in [-0.25, -0.2) is 9.18 Å². The summed E-state index contributed by atoms with van der Waals surface area (Å²) in [5, 5.41) is 0. The van der Waals surface area contributed by atoms with Crippen LogP contribution in [-0.2, 0) is 38.6 Å². The van der Waals surface area contributed by atoms with Gasteiger partial charge in [-0.3, -0.25) is 4.79 Å². The molecule has 6 radical (unpaired) electrons. The second-order valence-corrected chi connectivity index (χ2v) is 8.52. The molecule has 0 fully saturated rings. The Hall–Kier alpha value is -3.21. The van der Waals surface area contributed by atoms with Crippen LogP contribution in [0.5, 0.6) is 0 Å². The van der Waals surface area contributed by atoms with E-state index in [2.05, 4.69) is 4.74 Å². The summed E-state index contributed by atoms with van der Waals surface area (Å²) in [6.07, 6.45) is 0. The summed E-state index contributed by atoms with van der Waals surface area (Å²) in [6.45, 7) is 0. The average molecular weight is 451 g/mol. The second kappa shape index (κ2) is 8.05. The molecular weight excluding hydrogens is 438 g/mol. The summed E-state index contributed by atoms with van der Waals surface area (Å²) in [6, 6.07) is 9.19. The van der Waals surface area contributed by atoms with Crippen LogP contribution >= 0.6 is 0 Å². The number of benzene rings is 2. The number of Topliss-reactive ketones (excluding diaryl/α,β-unsaturated/α-hetero) is 1. The highest BCUT2D eigenvalue weighted by Crippen LogP contribution is 2.38. The van der Waals surface area contributed by atoms with Gasteiger partial charge in [0.1, 0.15) is 13.7 Å². The van der Waals surface area contributed by atoms with Crippen LogP contribution in [-0.4, -0.2) is 50.8 Å². The first-order valence-electron chi connectivity index (χ1n) is 8.82. The molecule has 0 bridgehead atoms. The van der Waals surface area contributed by atoms with Crippen molar-refractivity contribution in [3.05, 3.63) is 82.7 Å². The van der Waals surface area contributed by atoms with E-state index in [9.17, 15) is 22.4 Å². The van der Waals surface area contributed by atoms with E-state index in [0.717, 1.165) is 24.3 Å². The number of nitrogens with two attached hydrogens (primary N) is 1. The van der Waals surface area contributed by atoms with E-state index < -0.39 is 49.4 Å². The van der Waals surface area contributed by atoms with Gasteiger partial charge in [-0.1, -0.05) is 24.3 Å². The molecule has 32 heavy (non-hydrogen) atoms. The normalized spacial score (nSPS) is 18.9. The number of methoxy groups -OCH3 is 1. The van der Waals surface area contributed by atoms with Gasteiger partial charge in [0, 0.05) is 0 Å². The number of esters is 1. The van der Waals surface area contributed by atoms with Crippen molar-refractivity contribution in [3.63, 3.8) is 0 Å². The number of halogens is 1. The zero-order chi connectivity index (χ0) is 23.9. The third-order valence-corrected chi connectivity index (χ3v) is 6.12. The molecule has 158 valence electrons. The molecule has 1 aliphatic heterocycles. The van der Waals surface area contributed by atoms with Crippen LogP contribution in [0.1, 0.15) is 21.5 Å². The Labute approximate surface area is 187 Å². The lowest BCUT2D eigenvalue weighted by molar-refractivity contribution is -0.126. The molecule has 3 rings (SSSR count). The molecule has 2 N–H and O–H groups in total. The van der Waals surface area contributed by atoms with Crippen molar-refractivity contribution in [3.8, 4) is 0 Å². The molecule has 0 aliphatic carbocycles. The quantitative estimate of drug-likeness (QED) is 0.375. The minimum Gasteiger partial charge on any atom is -0.467 e. The Morgan fingerprint density at radius 3 is 2.22 bits per heavy atom. The van der Waals surface area contributed by atoms with Crippen LogP contribution in [0.15, 0.2) is 60.2 Å². The van der Waals surface area contributed by atoms with Crippen molar-refractivity contribution < 1.29 is 36.1 Å². The van der Waals surface area contributed by atoms with Crippen LogP contribution in [0, 0.1) is 5.82 Å². The number of hydrogen-bond donors (Lipinski definition) is 1. The van der Waals surface area contributed by atoms with Crippen molar-refractivity contribution in [2.75, 3.05) is 7.11 Å². The first-order valence-corrected chi connectivity index (χ1v) is 10.2. The van der Waals surface area contributed by atoms with E-state index in [4.69, 9.17) is 38.2 Å². The molecule has 1 atom stereocenters. The molecular formula is C19H13B3FNO7S. The maximum Gasteiger partial charge on any atom is 0.337 e. The van der Waals surface area contributed by atoms with Crippen LogP contribution in [0.4, 0.5) is 4.39 Å². The van der Waals surface area contributed by atoms with E-state index in [0.29, 0.717) is 0 Å². The van der Waals surface area contributed by atoms with Crippen molar-refractivity contribution in [1.29, 1.82) is 0 Å². The predicted octanol–water partition coefficient (Wildman–Crippen LogP) is 0.155. The number of rotatable bonds is 6. The van der Waals surface area contributed by atoms with Crippen LogP contribution in [0.3, 0.4) is 0 Å². The van der Waals surface area contributed by atoms with Crippen molar-refractivity contribution in [1.82, 2.24) is 0 Å². The molecule has 0 spiro atoms. The van der Waals surface area contributed by atoms with Gasteiger partial charge < -0.3 is 19.4 Å². The number of ketones is 1. The fourth-order valence-electron chi connectivity index (χ4n) is 2.82. The van der Waals surface area contributed by atoms with Crippen molar-refractivity contribution in [2.24, 2.45) is 5.73 Å². The van der Waals surface area contributed by atoms with Crippen LogP contribution < -0.4 is 5.73 Å². The third kappa shape index (κ3) is 3.88. The standard InChI is InChI=1S/C19H13B3FNO7S/c1-29-17(26)10-2-4-11(5-3-10)18(20)15(25)14(16(24)30-18)31-32(27,28)19(21,22)12-6-8-13(23)9-7-12/h2-9H,24H2,1H3. The van der Waals surface area contributed by atoms with Gasteiger partial charge in [-0.15, -0.1) is 0 Å². The summed E-state index contributed by atoms with van der Waals surface area (Å²) < 4.78 is 50.6. The molecule has 8 nitrogen and oxygen atoms in total. The summed E-state index contributed by atoms with van der Waals surface area (Å²) in [7, 11) is 13.7. The zero-order valence-corrected chi connectivity index (χ0v) is 17.4. The summed E-state index contributed by atoms with van der Waals surface area (Å²) >= 11 is 0. The van der Waals surface area contributed by atoms with E-state index in [1.165, 1.54) is 31.4 Å². The van der Waals surface area contributed by atoms with E-state index >= 15 is 0 Å². The number of hydrogen-bond acceptors (Lipinski definition) is 8. The molecule has 1 unspecified atom stereocenters. The minimum absolute atomic E-state index is 0.0411. The maximum atomic E-state index is 13.2. The minimum atomic E-state index is -4.95. The maximum absolute atomic E-state index is 13.2. The summed E-state index contributed by atoms with van der Waals surface area (Å²) in [5.41, 5.74) is 3.40. The Balaban J connectivity index is 1.89. The molecule has 0 aromatic heterocycles. The number of carbonyl (C=O) groups is 2. The Morgan fingerprint density at radius 2 is 1.69 bits per heavy atom. The lowest BCUT2D eigenvalue weighted by atomic mass is 9.65. The molecule has 1 aliphatic rings. The van der Waals surface area contributed by atoms with Crippen molar-refractivity contribution >= 4 is 45.4 Å². The highest BCUT2D eigenvalue weighted by atomic mass is 32.2. The number of ether oxygens (including phenoxy) is 2. The molecule has 13 heteroatoms. The van der Waals surface area contributed by atoms with Gasteiger partial charge >= 0.3 is 16.1 Å². The van der Waals surface area contributed by atoms with Gasteiger partial charge in [-0.05, 0) is 35.4 Å². The van der Waals surface area contributed by atoms with Gasteiger partial charge in [0.15, 0.2) is 5.50 Å². The predicted molar refractivity (Wildman–Crippen MR) is 112 cm³/mol. The van der Waals surface area contributed by atoms with Gasteiger partial charge in [0.2, 0.25) is 17.4 Å². The first kappa shape index (κ1) is 23.5. The Morgan fingerprint density at radius 1 is 1.12 bits per heavy atom. The van der Waals surface area contributed by atoms with E-state index in [1.54, 1.807) is 0 Å². The number of carbonyl (C=O) groups excluding carboxylic acids is 2. The van der Waals surface area contributed by atoms with E-state index in [-0.39, 0.29) is 16.7 Å². The van der Waals surface area contributed by atoms with Gasteiger partial charge in [-0.2, -0.15) is 8.42 Å². The lowest BCUT2D eigenvalue weighted by Gasteiger charge is -2.26. The average Bonchev–Trinajstić information content (AvgIpc) is 2.97. The summed E-state index contributed by atoms with van der Waals surface area (Å²) in [4.78, 5) is 24.5. The first-order chi connectivity index (χ1) is 14.8. The van der Waals surface area contributed by atoms with Gasteiger partial charge in [0.05, 0.1) is 32.9 Å². The topological polar surface area (TPSA) is 122 Å². The highest BCUT2D eigenvalue weighted by molar-refractivity contribution is 7.90. The van der Waals surface area contributed by atoms with E-state index in [1.807, 2.05) is 0 Å². The molecule has 0 saturated heterocycles. The molecule has 1 heterocycles. The molecule has 0 saturated carbocycles. The Bertz CT molecular complexity index is 1210. The highest BCUT2D eigenvalue weighted by Gasteiger charge is 2.50. The zero-order valence-electron chi connectivity index (χ0n) is 16.6. The molecule has 2 aromatic rings. The molecule has 0 amide bonds. The Kier molecular flexibility index (Phi) is 5.90. The van der Waals surface area contributed by atoms with Gasteiger partial charge in [0.25, 0.3) is 0 Å². The molecule has 2 aromatic carbocycles. The second-order valence-electron chi connectivity index (χ2n) is 6.77. The van der Waals surface area contributed by atoms with Crippen LogP contribution in [0.25, 0.3) is 0 Å². The van der Waals surface area contributed by atoms with Crippen LogP contribution in [0.2, 0.25) is 0 Å². The SMILES string of the molecule is [B]C1(c2ccc(C(=O)OC)cc2)OC(N)=C(OS(=O)(=O)C([B])([B])c2ccc(F)cc2)C1=O. The lowest BCUT2D eigenvalue weighted by Crippen LogP contribution is -2.40. The third-order valence-electron chi connectivity index (χ3n) is 4.68. The van der Waals surface area contributed by atoms with Crippen molar-refractivity contribution in [2.45, 2.75) is 10.0 Å². The fourth-order valence-corrected chi connectivity index (χ4v) is 3.76.